The first-order valence-electron chi connectivity index (χ1n) is 9.56. The van der Waals surface area contributed by atoms with E-state index in [4.69, 9.17) is 0 Å². The van der Waals surface area contributed by atoms with Gasteiger partial charge in [0.1, 0.15) is 0 Å². The number of aliphatic imine (C=N–C) groups is 1. The lowest BCUT2D eigenvalue weighted by atomic mass is 9.94. The summed E-state index contributed by atoms with van der Waals surface area (Å²) in [6.45, 7) is 4.59. The minimum atomic E-state index is -4.69. The van der Waals surface area contributed by atoms with E-state index < -0.39 is 12.1 Å². The van der Waals surface area contributed by atoms with Gasteiger partial charge in [-0.25, -0.2) is 4.99 Å². The summed E-state index contributed by atoms with van der Waals surface area (Å²) in [5, 5.41) is 3.33. The maximum absolute atomic E-state index is 12.6. The van der Waals surface area contributed by atoms with Gasteiger partial charge in [0.05, 0.1) is 0 Å². The zero-order chi connectivity index (χ0) is 20.6. The third-order valence-corrected chi connectivity index (χ3v) is 5.68. The van der Waals surface area contributed by atoms with Crippen LogP contribution in [0, 0.1) is 5.41 Å². The molecule has 4 rings (SSSR count). The molecule has 2 heterocycles. The van der Waals surface area contributed by atoms with Crippen molar-refractivity contribution >= 4 is 11.6 Å². The van der Waals surface area contributed by atoms with Crippen LogP contribution in [-0.2, 0) is 6.18 Å². The Kier molecular flexibility index (Phi) is 5.02. The van der Waals surface area contributed by atoms with Gasteiger partial charge in [-0.15, -0.1) is 0 Å². The second-order valence-electron chi connectivity index (χ2n) is 7.93. The molecule has 0 radical (unpaired) electrons. The van der Waals surface area contributed by atoms with Crippen molar-refractivity contribution in [2.45, 2.75) is 38.8 Å². The average molecular weight is 406 g/mol. The number of piperidine rings is 1. The van der Waals surface area contributed by atoms with Crippen LogP contribution in [0.2, 0.25) is 0 Å². The Labute approximate surface area is 165 Å². The van der Waals surface area contributed by atoms with E-state index in [0.29, 0.717) is 23.1 Å². The number of carbonyl (C=O) groups is 1. The number of alkyl halides is 3. The first kappa shape index (κ1) is 19.8. The molecule has 2 aliphatic rings. The Hall–Kier alpha value is -2.55. The van der Waals surface area contributed by atoms with Gasteiger partial charge in [-0.05, 0) is 63.2 Å². The number of amides is 1. The van der Waals surface area contributed by atoms with E-state index >= 15 is 0 Å². The lowest BCUT2D eigenvalue weighted by Crippen LogP contribution is -2.37. The Balaban J connectivity index is 1.37. The topological polar surface area (TPSA) is 71.6 Å². The van der Waals surface area contributed by atoms with E-state index in [-0.39, 0.29) is 11.7 Å². The molecule has 0 atom stereocenters. The number of likely N-dealkylation sites (tertiary alicyclic amines) is 1. The highest BCUT2D eigenvalue weighted by atomic mass is 19.4. The van der Waals surface area contributed by atoms with Crippen molar-refractivity contribution in [3.8, 4) is 11.4 Å². The first-order chi connectivity index (χ1) is 13.7. The molecule has 1 aliphatic heterocycles. The van der Waals surface area contributed by atoms with Crippen molar-refractivity contribution in [1.82, 2.24) is 15.0 Å². The summed E-state index contributed by atoms with van der Waals surface area (Å²) in [7, 11) is 0. The number of benzene rings is 1. The summed E-state index contributed by atoms with van der Waals surface area (Å²) in [6, 6.07) is 5.94. The predicted octanol–water partition coefficient (Wildman–Crippen LogP) is 4.23. The summed E-state index contributed by atoms with van der Waals surface area (Å²) < 4.78 is 41.9. The average Bonchev–Trinajstić information content (AvgIpc) is 3.23. The summed E-state index contributed by atoms with van der Waals surface area (Å²) >= 11 is 0. The number of hydrogen-bond acceptors (Lipinski definition) is 5. The molecule has 29 heavy (non-hydrogen) atoms. The van der Waals surface area contributed by atoms with E-state index in [0.717, 1.165) is 18.8 Å². The Morgan fingerprint density at radius 2 is 1.83 bits per heavy atom. The van der Waals surface area contributed by atoms with Crippen LogP contribution in [-0.4, -0.2) is 46.3 Å². The lowest BCUT2D eigenvalue weighted by Gasteiger charge is -2.31. The highest BCUT2D eigenvalue weighted by molar-refractivity contribution is 6.03. The van der Waals surface area contributed by atoms with Crippen molar-refractivity contribution < 1.29 is 22.5 Å². The third-order valence-electron chi connectivity index (χ3n) is 5.68. The minimum Gasteiger partial charge on any atom is -0.329 e. The summed E-state index contributed by atoms with van der Waals surface area (Å²) in [5.74, 6) is -1.97. The molecule has 154 valence electrons. The van der Waals surface area contributed by atoms with Gasteiger partial charge >= 0.3 is 12.1 Å². The zero-order valence-electron chi connectivity index (χ0n) is 16.0. The Morgan fingerprint density at radius 1 is 1.17 bits per heavy atom. The summed E-state index contributed by atoms with van der Waals surface area (Å²) in [6.07, 6.45) is 0.457. The van der Waals surface area contributed by atoms with Gasteiger partial charge in [0, 0.05) is 23.4 Å². The molecule has 1 aromatic carbocycles. The molecule has 2 aromatic rings. The maximum atomic E-state index is 12.6. The number of halogens is 3. The quantitative estimate of drug-likeness (QED) is 0.711. The van der Waals surface area contributed by atoms with Crippen LogP contribution >= 0.6 is 0 Å². The smallest absolute Gasteiger partial charge is 0.329 e. The third kappa shape index (κ3) is 4.55. The molecule has 1 aromatic heterocycles. The molecule has 9 heteroatoms. The Bertz CT molecular complexity index is 920. The number of carbonyl (C=O) groups excluding carboxylic acids is 1. The lowest BCUT2D eigenvalue weighted by molar-refractivity contribution is -0.159. The Morgan fingerprint density at radius 3 is 2.38 bits per heavy atom. The fraction of sp³-hybridized carbons (Fsp3) is 0.500. The molecule has 0 bridgehead atoms. The van der Waals surface area contributed by atoms with Gasteiger partial charge in [0.15, 0.2) is 0 Å². The van der Waals surface area contributed by atoms with E-state index in [1.165, 1.54) is 49.9 Å². The van der Waals surface area contributed by atoms with Crippen molar-refractivity contribution in [2.75, 3.05) is 19.6 Å². The molecule has 1 amide bonds. The van der Waals surface area contributed by atoms with Gasteiger partial charge in [-0.1, -0.05) is 17.3 Å². The molecular formula is C20H21F3N4O2. The van der Waals surface area contributed by atoms with Crippen LogP contribution in [0.25, 0.3) is 11.4 Å². The van der Waals surface area contributed by atoms with Gasteiger partial charge in [0.25, 0.3) is 5.91 Å². The largest absolute Gasteiger partial charge is 0.471 e. The second kappa shape index (κ2) is 7.37. The predicted molar refractivity (Wildman–Crippen MR) is 99.5 cm³/mol. The molecule has 1 spiro atoms. The normalized spacial score (nSPS) is 19.5. The molecule has 1 saturated carbocycles. The van der Waals surface area contributed by atoms with Crippen LogP contribution in [0.3, 0.4) is 0 Å². The fourth-order valence-corrected chi connectivity index (χ4v) is 3.68. The highest BCUT2D eigenvalue weighted by Crippen LogP contribution is 2.53. The minimum absolute atomic E-state index is 0.186. The summed E-state index contributed by atoms with van der Waals surface area (Å²) in [5.41, 5.74) is 2.03. The maximum Gasteiger partial charge on any atom is 0.471 e. The van der Waals surface area contributed by atoms with Crippen molar-refractivity contribution in [3.63, 3.8) is 0 Å². The van der Waals surface area contributed by atoms with E-state index in [1.54, 1.807) is 0 Å². The van der Waals surface area contributed by atoms with Gasteiger partial charge < -0.3 is 4.52 Å². The summed E-state index contributed by atoms with van der Waals surface area (Å²) in [4.78, 5) is 22.2. The number of aromatic nitrogens is 2. The first-order valence-corrected chi connectivity index (χ1v) is 9.56. The molecule has 0 N–H and O–H groups in total. The van der Waals surface area contributed by atoms with Crippen LogP contribution in [0.1, 0.15) is 48.9 Å². The second-order valence-corrected chi connectivity index (χ2v) is 7.93. The highest BCUT2D eigenvalue weighted by Gasteiger charge is 2.44. The molecule has 2 fully saturated rings. The molecule has 0 unspecified atom stereocenters. The molecule has 1 saturated heterocycles. The van der Waals surface area contributed by atoms with Gasteiger partial charge in [-0.3, -0.25) is 9.69 Å². The van der Waals surface area contributed by atoms with Crippen LogP contribution in [0.15, 0.2) is 33.8 Å². The number of nitrogens with zero attached hydrogens (tertiary/aromatic N) is 4. The zero-order valence-corrected chi connectivity index (χ0v) is 16.0. The van der Waals surface area contributed by atoms with E-state index in [2.05, 4.69) is 24.6 Å². The molecule has 1 aliphatic carbocycles. The molecular weight excluding hydrogens is 385 g/mol. The van der Waals surface area contributed by atoms with Crippen molar-refractivity contribution in [2.24, 2.45) is 10.4 Å². The van der Waals surface area contributed by atoms with E-state index in [9.17, 15) is 18.0 Å². The fourth-order valence-electron chi connectivity index (χ4n) is 3.68. The van der Waals surface area contributed by atoms with Crippen LogP contribution < -0.4 is 0 Å². The SMILES string of the molecule is C/C(CN1CCC2(CC1)CC2)=N\C(=O)c1ccc(-c2noc(C(F)(F)F)n2)cc1. The van der Waals surface area contributed by atoms with Crippen LogP contribution in [0.4, 0.5) is 13.2 Å². The number of rotatable bonds is 4. The standard InChI is InChI=1S/C20H21F3N4O2/c1-13(12-27-10-8-19(6-7-19)9-11-27)24-17(28)15-4-2-14(3-5-15)16-25-18(29-26-16)20(21,22)23/h2-5H,6-12H2,1H3/b24-13+. The number of hydrogen-bond donors (Lipinski definition) is 0. The van der Waals surface area contributed by atoms with Crippen molar-refractivity contribution in [1.29, 1.82) is 0 Å². The van der Waals surface area contributed by atoms with Gasteiger partial charge in [0.2, 0.25) is 5.82 Å². The van der Waals surface area contributed by atoms with Crippen LogP contribution in [0.5, 0.6) is 0 Å². The van der Waals surface area contributed by atoms with Crippen molar-refractivity contribution in [3.05, 3.63) is 35.7 Å². The molecule has 6 nitrogen and oxygen atoms in total. The van der Waals surface area contributed by atoms with Gasteiger partial charge in [-0.2, -0.15) is 18.2 Å². The van der Waals surface area contributed by atoms with E-state index in [1.807, 2.05) is 6.92 Å². The monoisotopic (exact) mass is 406 g/mol.